The van der Waals surface area contributed by atoms with Crippen LogP contribution in [0.2, 0.25) is 0 Å². The molecule has 5 nitrogen and oxygen atoms in total. The summed E-state index contributed by atoms with van der Waals surface area (Å²) in [7, 11) is 0. The van der Waals surface area contributed by atoms with Crippen molar-refractivity contribution in [1.82, 2.24) is 4.98 Å². The lowest BCUT2D eigenvalue weighted by atomic mass is 10.3. The topological polar surface area (TPSA) is 79.7 Å². The minimum absolute atomic E-state index is 0.0595. The van der Waals surface area contributed by atoms with Crippen molar-refractivity contribution >= 4 is 29.1 Å². The van der Waals surface area contributed by atoms with Gasteiger partial charge >= 0.3 is 5.97 Å². The fourth-order valence-corrected chi connectivity index (χ4v) is 2.89. The van der Waals surface area contributed by atoms with E-state index in [4.69, 9.17) is 9.84 Å². The van der Waals surface area contributed by atoms with Crippen LogP contribution in [0.25, 0.3) is 0 Å². The highest BCUT2D eigenvalue weighted by molar-refractivity contribution is 8.01. The number of carboxylic acid groups (broad SMARTS) is 1. The van der Waals surface area contributed by atoms with Gasteiger partial charge in [0.25, 0.3) is 0 Å². The Labute approximate surface area is 114 Å². The first-order chi connectivity index (χ1) is 8.47. The number of thiazole rings is 1. The highest BCUT2D eigenvalue weighted by Crippen LogP contribution is 2.23. The predicted molar refractivity (Wildman–Crippen MR) is 71.3 cm³/mol. The second-order valence-corrected chi connectivity index (χ2v) is 6.15. The molecular weight excluding hydrogens is 274 g/mol. The molecule has 0 aliphatic carbocycles. The average molecular weight is 291 g/mol. The van der Waals surface area contributed by atoms with Crippen LogP contribution in [0.1, 0.15) is 19.5 Å². The zero-order chi connectivity index (χ0) is 13.5. The SMILES string of the molecule is CC(C)OCC(O)CSc1nc(CC(=O)O)cs1. The molecule has 0 bridgehead atoms. The minimum atomic E-state index is -0.887. The van der Waals surface area contributed by atoms with Crippen LogP contribution in [-0.2, 0) is 16.0 Å². The van der Waals surface area contributed by atoms with Crippen molar-refractivity contribution in [3.8, 4) is 0 Å². The third-order valence-corrected chi connectivity index (χ3v) is 4.10. The smallest absolute Gasteiger partial charge is 0.309 e. The Morgan fingerprint density at radius 2 is 2.33 bits per heavy atom. The Morgan fingerprint density at radius 1 is 1.61 bits per heavy atom. The van der Waals surface area contributed by atoms with Crippen molar-refractivity contribution in [3.63, 3.8) is 0 Å². The van der Waals surface area contributed by atoms with E-state index in [0.29, 0.717) is 18.1 Å². The molecule has 0 spiro atoms. The Hall–Kier alpha value is -0.630. The summed E-state index contributed by atoms with van der Waals surface area (Å²) in [4.78, 5) is 14.7. The first-order valence-electron chi connectivity index (χ1n) is 5.56. The Kier molecular flexibility index (Phi) is 6.62. The first-order valence-corrected chi connectivity index (χ1v) is 7.42. The maximum Gasteiger partial charge on any atom is 0.309 e. The average Bonchev–Trinajstić information content (AvgIpc) is 2.70. The van der Waals surface area contributed by atoms with Crippen LogP contribution >= 0.6 is 23.1 Å². The van der Waals surface area contributed by atoms with Gasteiger partial charge in [-0.3, -0.25) is 4.79 Å². The lowest BCUT2D eigenvalue weighted by Gasteiger charge is -2.12. The van der Waals surface area contributed by atoms with Gasteiger partial charge in [-0.1, -0.05) is 11.8 Å². The van der Waals surface area contributed by atoms with E-state index in [9.17, 15) is 9.90 Å². The Bertz CT molecular complexity index is 381. The molecule has 7 heteroatoms. The summed E-state index contributed by atoms with van der Waals surface area (Å²) in [6.45, 7) is 4.13. The van der Waals surface area contributed by atoms with E-state index in [1.807, 2.05) is 13.8 Å². The number of carboxylic acids is 1. The predicted octanol–water partition coefficient (Wildman–Crippen LogP) is 1.65. The largest absolute Gasteiger partial charge is 0.481 e. The van der Waals surface area contributed by atoms with Gasteiger partial charge in [0.15, 0.2) is 0 Å². The fourth-order valence-electron chi connectivity index (χ4n) is 1.11. The summed E-state index contributed by atoms with van der Waals surface area (Å²) in [6.07, 6.45) is -0.494. The zero-order valence-electron chi connectivity index (χ0n) is 10.3. The van der Waals surface area contributed by atoms with Crippen LogP contribution in [0.15, 0.2) is 9.72 Å². The molecule has 1 atom stereocenters. The van der Waals surface area contributed by atoms with Crippen LogP contribution in [0.5, 0.6) is 0 Å². The van der Waals surface area contributed by atoms with Gasteiger partial charge in [-0.05, 0) is 13.8 Å². The highest BCUT2D eigenvalue weighted by Gasteiger charge is 2.10. The summed E-state index contributed by atoms with van der Waals surface area (Å²) < 4.78 is 6.06. The zero-order valence-corrected chi connectivity index (χ0v) is 12.0. The van der Waals surface area contributed by atoms with Crippen molar-refractivity contribution in [2.24, 2.45) is 0 Å². The van der Waals surface area contributed by atoms with Crippen molar-refractivity contribution in [1.29, 1.82) is 0 Å². The number of thioether (sulfide) groups is 1. The van der Waals surface area contributed by atoms with E-state index in [1.165, 1.54) is 23.1 Å². The molecule has 1 heterocycles. The molecule has 0 radical (unpaired) electrons. The summed E-state index contributed by atoms with van der Waals surface area (Å²) in [5.41, 5.74) is 0.558. The lowest BCUT2D eigenvalue weighted by molar-refractivity contribution is -0.136. The number of rotatable bonds is 8. The molecule has 0 fully saturated rings. The number of nitrogens with zero attached hydrogens (tertiary/aromatic N) is 1. The molecule has 0 amide bonds. The maximum absolute atomic E-state index is 10.5. The molecule has 1 aromatic rings. The molecular formula is C11H17NO4S2. The monoisotopic (exact) mass is 291 g/mol. The van der Waals surface area contributed by atoms with Crippen LogP contribution in [0, 0.1) is 0 Å². The molecule has 0 saturated heterocycles. The summed E-state index contributed by atoms with van der Waals surface area (Å²) in [5.74, 6) is -0.394. The third kappa shape index (κ3) is 6.34. The molecule has 0 saturated carbocycles. The number of ether oxygens (including phenoxy) is 1. The Balaban J connectivity index is 2.30. The third-order valence-electron chi connectivity index (χ3n) is 1.88. The van der Waals surface area contributed by atoms with E-state index in [1.54, 1.807) is 5.38 Å². The standard InChI is InChI=1S/C11H17NO4S2/c1-7(2)16-4-9(13)6-18-11-12-8(5-17-11)3-10(14)15/h5,7,9,13H,3-4,6H2,1-2H3,(H,14,15). The molecule has 2 N–H and O–H groups in total. The summed E-state index contributed by atoms with van der Waals surface area (Å²) in [6, 6.07) is 0. The van der Waals surface area contributed by atoms with Gasteiger partial charge in [0.2, 0.25) is 0 Å². The number of hydrogen-bond donors (Lipinski definition) is 2. The van der Waals surface area contributed by atoms with Gasteiger partial charge in [-0.25, -0.2) is 4.98 Å². The van der Waals surface area contributed by atoms with Crippen LogP contribution in [0.4, 0.5) is 0 Å². The number of aliphatic carboxylic acids is 1. The fraction of sp³-hybridized carbons (Fsp3) is 0.636. The number of aliphatic hydroxyl groups is 1. The highest BCUT2D eigenvalue weighted by atomic mass is 32.2. The molecule has 0 aromatic carbocycles. The van der Waals surface area contributed by atoms with Gasteiger partial charge in [0.05, 0.1) is 30.9 Å². The molecule has 0 aliphatic heterocycles. The van der Waals surface area contributed by atoms with Gasteiger partial charge in [0, 0.05) is 11.1 Å². The maximum atomic E-state index is 10.5. The molecule has 18 heavy (non-hydrogen) atoms. The van der Waals surface area contributed by atoms with Crippen LogP contribution in [0.3, 0.4) is 0 Å². The second-order valence-electron chi connectivity index (χ2n) is 4.02. The van der Waals surface area contributed by atoms with Crippen LogP contribution < -0.4 is 0 Å². The number of carbonyl (C=O) groups is 1. The summed E-state index contributed by atoms with van der Waals surface area (Å²) in [5, 5.41) is 20.0. The number of hydrogen-bond acceptors (Lipinski definition) is 6. The van der Waals surface area contributed by atoms with E-state index in [2.05, 4.69) is 4.98 Å². The molecule has 1 rings (SSSR count). The van der Waals surface area contributed by atoms with Crippen molar-refractivity contribution in [2.75, 3.05) is 12.4 Å². The van der Waals surface area contributed by atoms with Gasteiger partial charge in [-0.2, -0.15) is 0 Å². The lowest BCUT2D eigenvalue weighted by Crippen LogP contribution is -2.20. The normalized spacial score (nSPS) is 12.9. The molecule has 102 valence electrons. The van der Waals surface area contributed by atoms with Gasteiger partial charge < -0.3 is 14.9 Å². The quantitative estimate of drug-likeness (QED) is 0.709. The van der Waals surface area contributed by atoms with Crippen LogP contribution in [-0.4, -0.2) is 45.7 Å². The minimum Gasteiger partial charge on any atom is -0.481 e. The first kappa shape index (κ1) is 15.4. The van der Waals surface area contributed by atoms with E-state index >= 15 is 0 Å². The number of aliphatic hydroxyl groups excluding tert-OH is 1. The van der Waals surface area contributed by atoms with Gasteiger partial charge in [-0.15, -0.1) is 11.3 Å². The molecule has 1 unspecified atom stereocenters. The van der Waals surface area contributed by atoms with Crippen molar-refractivity contribution in [2.45, 2.75) is 36.8 Å². The van der Waals surface area contributed by atoms with Crippen molar-refractivity contribution < 1.29 is 19.7 Å². The number of aromatic nitrogens is 1. The second kappa shape index (κ2) is 7.73. The molecule has 0 aliphatic rings. The molecule has 1 aromatic heterocycles. The Morgan fingerprint density at radius 3 is 2.94 bits per heavy atom. The summed E-state index contributed by atoms with van der Waals surface area (Å²) >= 11 is 2.81. The van der Waals surface area contributed by atoms with Gasteiger partial charge in [0.1, 0.15) is 4.34 Å². The van der Waals surface area contributed by atoms with E-state index < -0.39 is 12.1 Å². The van der Waals surface area contributed by atoms with E-state index in [0.717, 1.165) is 4.34 Å². The van der Waals surface area contributed by atoms with Crippen molar-refractivity contribution in [3.05, 3.63) is 11.1 Å². The van der Waals surface area contributed by atoms with E-state index in [-0.39, 0.29) is 12.5 Å².